The maximum absolute atomic E-state index is 12.9. The minimum Gasteiger partial charge on any atom is -0.345 e. The molecule has 0 spiro atoms. The van der Waals surface area contributed by atoms with Crippen molar-refractivity contribution in [2.24, 2.45) is 0 Å². The molecule has 1 aliphatic rings. The minimum absolute atomic E-state index is 0.0233. The summed E-state index contributed by atoms with van der Waals surface area (Å²) in [5.41, 5.74) is 3.75. The summed E-state index contributed by atoms with van der Waals surface area (Å²) in [6, 6.07) is 17.0. The van der Waals surface area contributed by atoms with Gasteiger partial charge in [0.05, 0.1) is 26.5 Å². The fourth-order valence-electron chi connectivity index (χ4n) is 3.72. The van der Waals surface area contributed by atoms with E-state index in [2.05, 4.69) is 22.8 Å². The van der Waals surface area contributed by atoms with Gasteiger partial charge in [-0.05, 0) is 61.1 Å². The Hall–Kier alpha value is -2.63. The molecule has 1 unspecified atom stereocenters. The summed E-state index contributed by atoms with van der Waals surface area (Å²) in [5.74, 6) is -0.391. The number of fused-ring (bicyclic) bond motifs is 1. The lowest BCUT2D eigenvalue weighted by atomic mass is 9.88. The Labute approximate surface area is 178 Å². The van der Waals surface area contributed by atoms with Crippen molar-refractivity contribution >= 4 is 39.8 Å². The number of anilines is 1. The molecule has 0 bridgehead atoms. The summed E-state index contributed by atoms with van der Waals surface area (Å²) in [6.45, 7) is 1.88. The Morgan fingerprint density at radius 2 is 1.83 bits per heavy atom. The SMILES string of the molecule is Cc1cc(NC(=O)c2ccccc2Cl)sc1C(=O)NC1CCCc2ccccc21. The number of carbonyl (C=O) groups excluding carboxylic acids is 2. The van der Waals surface area contributed by atoms with Crippen molar-refractivity contribution in [3.05, 3.63) is 86.8 Å². The van der Waals surface area contributed by atoms with E-state index in [4.69, 9.17) is 11.6 Å². The second-order valence-electron chi connectivity index (χ2n) is 7.17. The first-order valence-electron chi connectivity index (χ1n) is 9.58. The lowest BCUT2D eigenvalue weighted by Crippen LogP contribution is -2.30. The van der Waals surface area contributed by atoms with Crippen molar-refractivity contribution in [2.75, 3.05) is 5.32 Å². The van der Waals surface area contributed by atoms with Crippen molar-refractivity contribution in [3.8, 4) is 0 Å². The molecular formula is C23H21ClN2O2S. The van der Waals surface area contributed by atoms with Gasteiger partial charge in [0, 0.05) is 0 Å². The van der Waals surface area contributed by atoms with Crippen LogP contribution < -0.4 is 10.6 Å². The van der Waals surface area contributed by atoms with Gasteiger partial charge in [0.2, 0.25) is 0 Å². The Morgan fingerprint density at radius 1 is 1.07 bits per heavy atom. The van der Waals surface area contributed by atoms with Crippen molar-refractivity contribution in [1.29, 1.82) is 0 Å². The summed E-state index contributed by atoms with van der Waals surface area (Å²) >= 11 is 7.38. The first kappa shape index (κ1) is 19.7. The predicted octanol–water partition coefficient (Wildman–Crippen LogP) is 5.77. The van der Waals surface area contributed by atoms with Crippen LogP contribution in [0.2, 0.25) is 5.02 Å². The van der Waals surface area contributed by atoms with Gasteiger partial charge in [-0.1, -0.05) is 48.0 Å². The summed E-state index contributed by atoms with van der Waals surface area (Å²) < 4.78 is 0. The average molecular weight is 425 g/mol. The highest BCUT2D eigenvalue weighted by atomic mass is 35.5. The van der Waals surface area contributed by atoms with Gasteiger partial charge in [-0.15, -0.1) is 11.3 Å². The molecule has 0 saturated heterocycles. The van der Waals surface area contributed by atoms with E-state index in [0.29, 0.717) is 20.5 Å². The molecule has 1 atom stereocenters. The molecule has 0 aliphatic heterocycles. The summed E-state index contributed by atoms with van der Waals surface area (Å²) in [6.07, 6.45) is 3.05. The first-order valence-corrected chi connectivity index (χ1v) is 10.8. The number of amides is 2. The molecule has 1 aliphatic carbocycles. The lowest BCUT2D eigenvalue weighted by Gasteiger charge is -2.26. The standard InChI is InChI=1S/C23H21ClN2O2S/c1-14-13-20(26-22(27)17-10-4-5-11-18(17)24)29-21(14)23(28)25-19-12-6-8-15-7-2-3-9-16(15)19/h2-5,7,9-11,13,19H,6,8,12H2,1H3,(H,25,28)(H,26,27). The molecule has 4 nitrogen and oxygen atoms in total. The summed E-state index contributed by atoms with van der Waals surface area (Å²) in [7, 11) is 0. The van der Waals surface area contributed by atoms with Crippen LogP contribution in [0.3, 0.4) is 0 Å². The second-order valence-corrected chi connectivity index (χ2v) is 8.63. The van der Waals surface area contributed by atoms with Crippen LogP contribution in [0.4, 0.5) is 5.00 Å². The van der Waals surface area contributed by atoms with Gasteiger partial charge in [0.15, 0.2) is 0 Å². The molecule has 4 rings (SSSR count). The van der Waals surface area contributed by atoms with E-state index in [0.717, 1.165) is 24.8 Å². The third-order valence-corrected chi connectivity index (χ3v) is 6.63. The largest absolute Gasteiger partial charge is 0.345 e. The predicted molar refractivity (Wildman–Crippen MR) is 118 cm³/mol. The number of hydrogen-bond donors (Lipinski definition) is 2. The minimum atomic E-state index is -0.287. The van der Waals surface area contributed by atoms with Gasteiger partial charge in [0.25, 0.3) is 11.8 Å². The molecule has 148 valence electrons. The molecule has 2 N–H and O–H groups in total. The van der Waals surface area contributed by atoms with E-state index < -0.39 is 0 Å². The fourth-order valence-corrected chi connectivity index (χ4v) is 4.91. The van der Waals surface area contributed by atoms with Crippen LogP contribution in [-0.4, -0.2) is 11.8 Å². The van der Waals surface area contributed by atoms with Crippen molar-refractivity contribution < 1.29 is 9.59 Å². The zero-order chi connectivity index (χ0) is 20.4. The summed E-state index contributed by atoms with van der Waals surface area (Å²) in [5, 5.41) is 7.05. The highest BCUT2D eigenvalue weighted by Gasteiger charge is 2.24. The maximum Gasteiger partial charge on any atom is 0.262 e. The molecule has 0 saturated carbocycles. The normalized spacial score (nSPS) is 15.4. The van der Waals surface area contributed by atoms with E-state index in [1.807, 2.05) is 25.1 Å². The molecular weight excluding hydrogens is 404 g/mol. The molecule has 2 aromatic carbocycles. The van der Waals surface area contributed by atoms with Crippen molar-refractivity contribution in [3.63, 3.8) is 0 Å². The monoisotopic (exact) mass is 424 g/mol. The van der Waals surface area contributed by atoms with Gasteiger partial charge in [0.1, 0.15) is 0 Å². The zero-order valence-corrected chi connectivity index (χ0v) is 17.6. The molecule has 2 amide bonds. The number of rotatable bonds is 4. The molecule has 1 aromatic heterocycles. The van der Waals surface area contributed by atoms with Crippen LogP contribution in [0.25, 0.3) is 0 Å². The fraction of sp³-hybridized carbons (Fsp3) is 0.217. The Bertz CT molecular complexity index is 1080. The topological polar surface area (TPSA) is 58.2 Å². The van der Waals surface area contributed by atoms with Gasteiger partial charge < -0.3 is 10.6 Å². The highest BCUT2D eigenvalue weighted by Crippen LogP contribution is 2.32. The molecule has 0 radical (unpaired) electrons. The van der Waals surface area contributed by atoms with E-state index in [9.17, 15) is 9.59 Å². The van der Waals surface area contributed by atoms with Crippen LogP contribution >= 0.6 is 22.9 Å². The third-order valence-electron chi connectivity index (χ3n) is 5.15. The number of nitrogens with one attached hydrogen (secondary N) is 2. The van der Waals surface area contributed by atoms with Crippen LogP contribution in [0.5, 0.6) is 0 Å². The van der Waals surface area contributed by atoms with Gasteiger partial charge >= 0.3 is 0 Å². The lowest BCUT2D eigenvalue weighted by molar-refractivity contribution is 0.0935. The first-order chi connectivity index (χ1) is 14.0. The number of carbonyl (C=O) groups is 2. The van der Waals surface area contributed by atoms with Crippen LogP contribution in [0.1, 0.15) is 55.6 Å². The van der Waals surface area contributed by atoms with Crippen molar-refractivity contribution in [2.45, 2.75) is 32.2 Å². The third kappa shape index (κ3) is 4.21. The second kappa shape index (κ2) is 8.39. The highest BCUT2D eigenvalue weighted by molar-refractivity contribution is 7.18. The van der Waals surface area contributed by atoms with Crippen LogP contribution in [0, 0.1) is 6.92 Å². The number of aryl methyl sites for hydroxylation is 2. The van der Waals surface area contributed by atoms with Crippen LogP contribution in [-0.2, 0) is 6.42 Å². The number of benzene rings is 2. The van der Waals surface area contributed by atoms with Crippen LogP contribution in [0.15, 0.2) is 54.6 Å². The number of halogens is 1. The molecule has 6 heteroatoms. The molecule has 0 fully saturated rings. The molecule has 3 aromatic rings. The van der Waals surface area contributed by atoms with E-state index in [1.54, 1.807) is 24.3 Å². The number of thiophene rings is 1. The molecule has 1 heterocycles. The van der Waals surface area contributed by atoms with E-state index in [1.165, 1.54) is 22.5 Å². The van der Waals surface area contributed by atoms with Gasteiger partial charge in [-0.3, -0.25) is 9.59 Å². The average Bonchev–Trinajstić information content (AvgIpc) is 3.08. The zero-order valence-electron chi connectivity index (χ0n) is 16.0. The van der Waals surface area contributed by atoms with E-state index >= 15 is 0 Å². The molecule has 29 heavy (non-hydrogen) atoms. The Kier molecular flexibility index (Phi) is 5.69. The summed E-state index contributed by atoms with van der Waals surface area (Å²) in [4.78, 5) is 26.0. The number of hydrogen-bond acceptors (Lipinski definition) is 3. The van der Waals surface area contributed by atoms with E-state index in [-0.39, 0.29) is 17.9 Å². The van der Waals surface area contributed by atoms with Crippen molar-refractivity contribution in [1.82, 2.24) is 5.32 Å². The quantitative estimate of drug-likeness (QED) is 0.558. The van der Waals surface area contributed by atoms with Gasteiger partial charge in [-0.25, -0.2) is 0 Å². The smallest absolute Gasteiger partial charge is 0.262 e. The Balaban J connectivity index is 1.49. The maximum atomic E-state index is 12.9. The Morgan fingerprint density at radius 3 is 2.66 bits per heavy atom. The van der Waals surface area contributed by atoms with Gasteiger partial charge in [-0.2, -0.15) is 0 Å².